The van der Waals surface area contributed by atoms with Gasteiger partial charge in [0.25, 0.3) is 47.3 Å². The van der Waals surface area contributed by atoms with E-state index in [9.17, 15) is 86.3 Å². The molecule has 0 aliphatic carbocycles. The zero-order valence-corrected chi connectivity index (χ0v) is 48.7. The van der Waals surface area contributed by atoms with Gasteiger partial charge >= 0.3 is 11.9 Å². The van der Waals surface area contributed by atoms with Gasteiger partial charge in [-0.15, -0.1) is 17.5 Å². The summed E-state index contributed by atoms with van der Waals surface area (Å²) in [6.45, 7) is 2.73. The van der Waals surface area contributed by atoms with E-state index in [0.717, 1.165) is 60.2 Å². The van der Waals surface area contributed by atoms with Gasteiger partial charge in [0.05, 0.1) is 45.2 Å². The molecule has 0 aromatic heterocycles. The number of carboxylic acids is 1. The average Bonchev–Trinajstić information content (AvgIpc) is 4.40. The molecule has 2 saturated heterocycles. The molecule has 0 bridgehead atoms. The van der Waals surface area contributed by atoms with Crippen molar-refractivity contribution in [2.24, 2.45) is 21.5 Å². The molecule has 0 spiro atoms. The van der Waals surface area contributed by atoms with Gasteiger partial charge in [0.2, 0.25) is 47.3 Å². The molecule has 0 aromatic rings. The van der Waals surface area contributed by atoms with Gasteiger partial charge in [-0.1, -0.05) is 0 Å². The van der Waals surface area contributed by atoms with Crippen LogP contribution in [0.1, 0.15) is 90.4 Å². The van der Waals surface area contributed by atoms with Crippen molar-refractivity contribution in [3.63, 3.8) is 0 Å². The molecule has 12 N–H and O–H groups in total. The Morgan fingerprint density at radius 1 is 0.586 bits per heavy atom. The van der Waals surface area contributed by atoms with E-state index in [2.05, 4.69) is 66.9 Å². The van der Waals surface area contributed by atoms with E-state index in [-0.39, 0.29) is 94.8 Å². The summed E-state index contributed by atoms with van der Waals surface area (Å²) in [5.74, 6) is -12.4. The van der Waals surface area contributed by atoms with Gasteiger partial charge in [0.15, 0.2) is 0 Å². The molecule has 0 aromatic carbocycles. The van der Waals surface area contributed by atoms with Crippen LogP contribution in [-0.4, -0.2) is 233 Å². The van der Waals surface area contributed by atoms with Crippen LogP contribution in [0.3, 0.4) is 0 Å². The fraction of sp³-hybridized carbons (Fsp3) is 0.540. The van der Waals surface area contributed by atoms with E-state index in [1.165, 1.54) is 0 Å². The van der Waals surface area contributed by atoms with Gasteiger partial charge in [-0.05, 0) is 59.7 Å². The highest BCUT2D eigenvalue weighted by Gasteiger charge is 2.34. The average molecular weight is 1250 g/mol. The highest BCUT2D eigenvalue weighted by molar-refractivity contribution is 6.13. The van der Waals surface area contributed by atoms with Crippen molar-refractivity contribution in [3.8, 4) is 0 Å². The number of hydroxylamine groups is 4. The second kappa shape index (κ2) is 42.2. The maximum absolute atomic E-state index is 12.6. The van der Waals surface area contributed by atoms with Gasteiger partial charge in [0, 0.05) is 88.9 Å². The fourth-order valence-corrected chi connectivity index (χ4v) is 6.78. The lowest BCUT2D eigenvalue weighted by Gasteiger charge is -2.19. The molecule has 4 aliphatic heterocycles. The smallest absolute Gasteiger partial charge is 0.333 e. The standard InChI is InChI=1S/C21H26N6O10.C17H23N5O8.C8H17N3.C4H5NO3.ClH/c22-13(28)10-23-15(30)11-24-21(36)12(3-8-20(35)37-27-18(33)6-7-19(27)34)25-14(29)2-1-9-26-16(31)4-5-17(26)32;18-11(23)8-19-13(25)9-20-17(30)10(3-6-16(28)29)21-12(24)2-1-7-22-14(26)4-5-15(22)27;1-4-9-8-10-6-5-7-11(2)3;6-3-1-2-4(7)5(3)8;/h4-5,12H,1-3,6-11H2,(H2,22,28)(H,23,30)(H,24,36)(H,25,29);4-5,10H,1-3,6-9H2,(H2,18,23)(H,19,25)(H,20,30)(H,21,24)(H,28,29);4-7H2,1-3H3;8H,1-2H2;1H. The van der Waals surface area contributed by atoms with Crippen molar-refractivity contribution >= 4 is 125 Å². The number of aliphatic carboxylic acids is 1. The number of carboxylic acid groups (broad SMARTS) is 1. The quantitative estimate of drug-likeness (QED) is 0.0130. The van der Waals surface area contributed by atoms with Gasteiger partial charge in [-0.2, -0.15) is 5.06 Å². The van der Waals surface area contributed by atoms with E-state index >= 15 is 0 Å². The summed E-state index contributed by atoms with van der Waals surface area (Å²) >= 11 is 0. The van der Waals surface area contributed by atoms with E-state index in [1.807, 2.05) is 6.92 Å². The Morgan fingerprint density at radius 2 is 0.989 bits per heavy atom. The SMILES string of the molecule is CCN=C=NCCCN(C)C.Cl.NC(=O)CNC(=O)CNC(=O)C(CCC(=O)O)NC(=O)CCCN1C(=O)C=CC1=O.NC(=O)CNC(=O)CNC(=O)C(CCC(=O)ON1C(=O)CCC1=O)NC(=O)CCCN1C(=O)C=CC1=O.O=C1CCC(=O)N1O. The minimum Gasteiger partial charge on any atom is -0.481 e. The first-order chi connectivity index (χ1) is 40.6. The van der Waals surface area contributed by atoms with Gasteiger partial charge in [0.1, 0.15) is 12.1 Å². The van der Waals surface area contributed by atoms with Gasteiger partial charge in [-0.3, -0.25) is 96.5 Å². The molecule has 87 heavy (non-hydrogen) atoms. The first-order valence-electron chi connectivity index (χ1n) is 26.4. The van der Waals surface area contributed by atoms with Crippen LogP contribution in [0.15, 0.2) is 34.3 Å². The third-order valence-electron chi connectivity index (χ3n) is 11.1. The Labute approximate surface area is 502 Å². The number of aliphatic imine (C=N–C) groups is 2. The Kier molecular flexibility index (Phi) is 37.5. The second-order valence-corrected chi connectivity index (χ2v) is 18.4. The molecule has 0 radical (unpaired) electrons. The first kappa shape index (κ1) is 77.3. The molecule has 4 aliphatic rings. The molecule has 16 amide bonds. The normalized spacial score (nSPS) is 14.4. The number of imide groups is 4. The van der Waals surface area contributed by atoms with Crippen molar-refractivity contribution in [2.75, 3.05) is 73.0 Å². The molecular weight excluding hydrogens is 1180 g/mol. The molecule has 2 unspecified atom stereocenters. The molecule has 480 valence electrons. The Balaban J connectivity index is 0.00000131. The minimum absolute atomic E-state index is 0. The first-order valence-corrected chi connectivity index (χ1v) is 26.4. The van der Waals surface area contributed by atoms with E-state index in [0.29, 0.717) is 5.06 Å². The number of hydrogen-bond acceptors (Lipinski definition) is 23. The number of halogens is 1. The van der Waals surface area contributed by atoms with E-state index in [1.54, 1.807) is 0 Å². The zero-order valence-electron chi connectivity index (χ0n) is 47.9. The van der Waals surface area contributed by atoms with E-state index in [4.69, 9.17) is 26.6 Å². The third kappa shape index (κ3) is 33.4. The van der Waals surface area contributed by atoms with Crippen molar-refractivity contribution in [2.45, 2.75) is 102 Å². The summed E-state index contributed by atoms with van der Waals surface area (Å²) in [5.41, 5.74) is 9.79. The van der Waals surface area contributed by atoms with Crippen LogP contribution in [0, 0.1) is 0 Å². The lowest BCUT2D eigenvalue weighted by Crippen LogP contribution is -2.49. The number of rotatable bonds is 32. The topological polar surface area (TPSA) is 522 Å². The predicted molar refractivity (Wildman–Crippen MR) is 296 cm³/mol. The van der Waals surface area contributed by atoms with Crippen molar-refractivity contribution in [3.05, 3.63) is 24.3 Å². The number of nitrogens with zero attached hydrogens (tertiary/aromatic N) is 7. The van der Waals surface area contributed by atoms with Crippen LogP contribution < -0.4 is 43.4 Å². The number of nitrogens with one attached hydrogen (secondary N) is 6. The Bertz CT molecular complexity index is 2630. The largest absolute Gasteiger partial charge is 0.481 e. The molecule has 4 rings (SSSR count). The summed E-state index contributed by atoms with van der Waals surface area (Å²) in [4.78, 5) is 223. The summed E-state index contributed by atoms with van der Waals surface area (Å²) < 4.78 is 0. The number of amides is 16. The minimum atomic E-state index is -1.33. The number of primary amides is 2. The lowest BCUT2D eigenvalue weighted by molar-refractivity contribution is -0.197. The molecule has 2 fully saturated rings. The summed E-state index contributed by atoms with van der Waals surface area (Å²) in [6, 6.07) is 0.0986. The number of hydrogen-bond donors (Lipinski definition) is 10. The van der Waals surface area contributed by atoms with Crippen LogP contribution in [0.5, 0.6) is 0 Å². The van der Waals surface area contributed by atoms with Crippen molar-refractivity contribution < 1.29 is 101 Å². The van der Waals surface area contributed by atoms with Gasteiger partial charge in [-0.25, -0.2) is 14.8 Å². The van der Waals surface area contributed by atoms with Crippen LogP contribution in [-0.2, 0) is 91.1 Å². The summed E-state index contributed by atoms with van der Waals surface area (Å²) in [6.07, 6.45) is 4.14. The lowest BCUT2D eigenvalue weighted by atomic mass is 10.1. The van der Waals surface area contributed by atoms with E-state index < -0.39 is 158 Å². The molecular formula is C50H72ClN15O21. The van der Waals surface area contributed by atoms with Crippen molar-refractivity contribution in [1.29, 1.82) is 0 Å². The molecule has 2 atom stereocenters. The zero-order chi connectivity index (χ0) is 64.9. The fourth-order valence-electron chi connectivity index (χ4n) is 6.78. The van der Waals surface area contributed by atoms with Crippen LogP contribution >= 0.6 is 12.4 Å². The second-order valence-electron chi connectivity index (χ2n) is 18.4. The number of carbonyl (C=O) groups excluding carboxylic acids is 17. The third-order valence-corrected chi connectivity index (χ3v) is 11.1. The Morgan fingerprint density at radius 3 is 1.34 bits per heavy atom. The predicted octanol–water partition coefficient (Wildman–Crippen LogP) is -5.88. The van der Waals surface area contributed by atoms with Gasteiger partial charge < -0.3 is 58.2 Å². The molecule has 36 nitrogen and oxygen atoms in total. The summed E-state index contributed by atoms with van der Waals surface area (Å²) in [5, 5.41) is 31.3. The molecule has 4 heterocycles. The monoisotopic (exact) mass is 1250 g/mol. The van der Waals surface area contributed by atoms with Crippen molar-refractivity contribution in [1.82, 2.24) is 56.7 Å². The molecule has 0 saturated carbocycles. The highest BCUT2D eigenvalue weighted by Crippen LogP contribution is 2.14. The highest BCUT2D eigenvalue weighted by atomic mass is 35.5. The van der Waals surface area contributed by atoms with Crippen LogP contribution in [0.4, 0.5) is 0 Å². The Hall–Kier alpha value is -9.67. The van der Waals surface area contributed by atoms with Crippen LogP contribution in [0.25, 0.3) is 0 Å². The maximum atomic E-state index is 12.6. The number of nitrogens with two attached hydrogens (primary N) is 2. The summed E-state index contributed by atoms with van der Waals surface area (Å²) in [7, 11) is 4.12. The maximum Gasteiger partial charge on any atom is 0.333 e. The van der Waals surface area contributed by atoms with Crippen LogP contribution in [0.2, 0.25) is 0 Å². The number of carbonyl (C=O) groups is 18. The molecule has 37 heteroatoms.